The van der Waals surface area contributed by atoms with Crippen LogP contribution in [-0.4, -0.2) is 80.0 Å². The van der Waals surface area contributed by atoms with Gasteiger partial charge in [-0.1, -0.05) is 6.92 Å². The molecule has 0 amide bonds. The van der Waals surface area contributed by atoms with Gasteiger partial charge in [0.15, 0.2) is 5.82 Å². The predicted molar refractivity (Wildman–Crippen MR) is 138 cm³/mol. The van der Waals surface area contributed by atoms with Crippen LogP contribution in [0.15, 0.2) is 16.3 Å². The third-order valence-corrected chi connectivity index (χ3v) is 6.51. The summed E-state index contributed by atoms with van der Waals surface area (Å²) in [5, 5.41) is 4.04. The fraction of sp³-hybridized carbons (Fsp3) is 0.696. The molecule has 0 aromatic carbocycles. The van der Waals surface area contributed by atoms with Gasteiger partial charge in [0.25, 0.3) is 0 Å². The molecule has 16 heteroatoms. The van der Waals surface area contributed by atoms with E-state index in [-0.39, 0.29) is 12.5 Å². The summed E-state index contributed by atoms with van der Waals surface area (Å²) in [6, 6.07) is 0. The molecule has 0 radical (unpaired) electrons. The first kappa shape index (κ1) is 32.4. The van der Waals surface area contributed by atoms with Crippen molar-refractivity contribution in [2.75, 3.05) is 27.2 Å². The first-order valence-electron chi connectivity index (χ1n) is 12.2. The van der Waals surface area contributed by atoms with Crippen LogP contribution in [-0.2, 0) is 41.8 Å². The van der Waals surface area contributed by atoms with Gasteiger partial charge in [-0.15, -0.1) is 0 Å². The number of ether oxygens (including phenoxy) is 5. The second kappa shape index (κ2) is 15.1. The molecule has 1 aliphatic rings. The number of hydrogen-bond donors (Lipinski definition) is 0. The van der Waals surface area contributed by atoms with Crippen LogP contribution in [0.5, 0.6) is 0 Å². The lowest BCUT2D eigenvalue weighted by molar-refractivity contribution is -0.0541. The monoisotopic (exact) mass is 576 g/mol. The van der Waals surface area contributed by atoms with Gasteiger partial charge >= 0.3 is 20.1 Å². The Morgan fingerprint density at radius 1 is 1.13 bits per heavy atom. The average molecular weight is 577 g/mol. The third-order valence-electron chi connectivity index (χ3n) is 5.20. The summed E-state index contributed by atoms with van der Waals surface area (Å²) in [5.74, 6) is 0.545. The quantitative estimate of drug-likeness (QED) is 0.132. The molecule has 0 saturated carbocycles. The van der Waals surface area contributed by atoms with Crippen LogP contribution >= 0.6 is 7.82 Å². The van der Waals surface area contributed by atoms with Gasteiger partial charge in [-0.05, 0) is 47.0 Å². The smallest absolute Gasteiger partial charge is 0.432 e. The SMILES string of the molecule is C=Nn1c(C2O[C@H](COP(=O)(OCOC(=O)OC(C)C)OCOC(=O)OC(C)C)C[C@@H]2C)cnc1C(C)=NC. The Labute approximate surface area is 227 Å². The van der Waals surface area contributed by atoms with Crippen molar-refractivity contribution in [3.63, 3.8) is 0 Å². The van der Waals surface area contributed by atoms with Crippen LogP contribution in [0.2, 0.25) is 0 Å². The van der Waals surface area contributed by atoms with Crippen LogP contribution < -0.4 is 0 Å². The maximum atomic E-state index is 13.2. The number of aliphatic imine (C=N–C) groups is 1. The highest BCUT2D eigenvalue weighted by Crippen LogP contribution is 2.50. The Morgan fingerprint density at radius 2 is 1.69 bits per heavy atom. The van der Waals surface area contributed by atoms with Gasteiger partial charge in [-0.25, -0.2) is 32.9 Å². The lowest BCUT2D eigenvalue weighted by Gasteiger charge is -2.20. The van der Waals surface area contributed by atoms with E-state index < -0.39 is 58.1 Å². The normalized spacial score (nSPS) is 19.8. The third kappa shape index (κ3) is 10.0. The number of imidazole rings is 1. The van der Waals surface area contributed by atoms with Crippen molar-refractivity contribution >= 4 is 32.6 Å². The fourth-order valence-corrected chi connectivity index (χ4v) is 4.41. The Balaban J connectivity index is 2.04. The summed E-state index contributed by atoms with van der Waals surface area (Å²) < 4.78 is 55.6. The van der Waals surface area contributed by atoms with Crippen molar-refractivity contribution in [2.24, 2.45) is 16.0 Å². The number of phosphoric acid groups is 1. The first-order chi connectivity index (χ1) is 18.4. The molecule has 1 aromatic rings. The van der Waals surface area contributed by atoms with E-state index >= 15 is 0 Å². The van der Waals surface area contributed by atoms with Crippen LogP contribution in [0.4, 0.5) is 9.59 Å². The summed E-state index contributed by atoms with van der Waals surface area (Å²) in [4.78, 5) is 31.7. The molecule has 39 heavy (non-hydrogen) atoms. The number of carbonyl (C=O) groups is 2. The van der Waals surface area contributed by atoms with Crippen LogP contribution in [0.1, 0.15) is 65.6 Å². The predicted octanol–water partition coefficient (Wildman–Crippen LogP) is 4.45. The van der Waals surface area contributed by atoms with Gasteiger partial charge in [0.1, 0.15) is 6.10 Å². The number of nitrogens with zero attached hydrogens (tertiary/aromatic N) is 4. The zero-order chi connectivity index (χ0) is 29.2. The Bertz CT molecular complexity index is 1030. The first-order valence-corrected chi connectivity index (χ1v) is 13.7. The fourth-order valence-electron chi connectivity index (χ4n) is 3.47. The number of aromatic nitrogens is 2. The number of hydrogen-bond acceptors (Lipinski definition) is 14. The molecule has 3 atom stereocenters. The van der Waals surface area contributed by atoms with Crippen molar-refractivity contribution < 1.29 is 51.4 Å². The molecule has 0 bridgehead atoms. The minimum absolute atomic E-state index is 0.00650. The lowest BCUT2D eigenvalue weighted by Crippen LogP contribution is -2.19. The largest absolute Gasteiger partial charge is 0.510 e. The van der Waals surface area contributed by atoms with Gasteiger partial charge < -0.3 is 23.7 Å². The maximum Gasteiger partial charge on any atom is 0.510 e. The van der Waals surface area contributed by atoms with Crippen molar-refractivity contribution in [3.8, 4) is 0 Å². The molecule has 2 rings (SSSR count). The van der Waals surface area contributed by atoms with E-state index in [1.54, 1.807) is 52.5 Å². The van der Waals surface area contributed by atoms with Crippen molar-refractivity contribution in [1.29, 1.82) is 0 Å². The highest BCUT2D eigenvalue weighted by Gasteiger charge is 2.38. The topological polar surface area (TPSA) is 168 Å². The summed E-state index contributed by atoms with van der Waals surface area (Å²) >= 11 is 0. The molecule has 2 heterocycles. The summed E-state index contributed by atoms with van der Waals surface area (Å²) in [5.41, 5.74) is 1.34. The van der Waals surface area contributed by atoms with E-state index in [4.69, 9.17) is 37.3 Å². The molecular weight excluding hydrogens is 539 g/mol. The number of carbonyl (C=O) groups excluding carboxylic acids is 2. The Hall–Kier alpha value is -2.84. The Morgan fingerprint density at radius 3 is 2.18 bits per heavy atom. The van der Waals surface area contributed by atoms with Gasteiger partial charge in [0.05, 0.1) is 42.5 Å². The van der Waals surface area contributed by atoms with Crippen molar-refractivity contribution in [2.45, 2.75) is 72.4 Å². The van der Waals surface area contributed by atoms with E-state index in [9.17, 15) is 14.2 Å². The van der Waals surface area contributed by atoms with Crippen LogP contribution in [0, 0.1) is 5.92 Å². The van der Waals surface area contributed by atoms with Gasteiger partial charge in [-0.2, -0.15) is 5.10 Å². The van der Waals surface area contributed by atoms with E-state index in [2.05, 4.69) is 21.8 Å². The Kier molecular flexibility index (Phi) is 12.5. The molecule has 0 spiro atoms. The van der Waals surface area contributed by atoms with E-state index in [1.165, 1.54) is 0 Å². The minimum Gasteiger partial charge on any atom is -0.432 e. The summed E-state index contributed by atoms with van der Waals surface area (Å²) in [6.45, 7) is 12.1. The average Bonchev–Trinajstić information content (AvgIpc) is 3.44. The lowest BCUT2D eigenvalue weighted by atomic mass is 10.00. The standard InChI is InChI=1S/C23H37N4O11P/c1-14(2)36-22(28)31-12-34-39(30,35-13-32-23(29)37-15(3)4)33-11-18-9-16(5)20(38-18)19-10-26-21(17(6)24-7)27(19)25-8/h10,14-16,18,20H,8-9,11-13H2,1-7H3/t16-,18-,20?/m0/s1. The summed E-state index contributed by atoms with van der Waals surface area (Å²) in [7, 11) is -2.75. The molecule has 15 nitrogen and oxygen atoms in total. The van der Waals surface area contributed by atoms with Gasteiger partial charge in [0, 0.05) is 13.8 Å². The van der Waals surface area contributed by atoms with Gasteiger partial charge in [0.2, 0.25) is 13.6 Å². The second-order valence-corrected chi connectivity index (χ2v) is 10.7. The van der Waals surface area contributed by atoms with Crippen molar-refractivity contribution in [3.05, 3.63) is 17.7 Å². The highest BCUT2D eigenvalue weighted by molar-refractivity contribution is 7.48. The molecule has 1 aliphatic heterocycles. The molecule has 0 N–H and O–H groups in total. The maximum absolute atomic E-state index is 13.2. The van der Waals surface area contributed by atoms with E-state index in [0.717, 1.165) is 0 Å². The molecule has 220 valence electrons. The molecular formula is C23H37N4O11P. The van der Waals surface area contributed by atoms with Crippen LogP contribution in [0.3, 0.4) is 0 Å². The van der Waals surface area contributed by atoms with Crippen LogP contribution in [0.25, 0.3) is 0 Å². The number of rotatable bonds is 14. The molecule has 1 saturated heterocycles. The molecule has 1 fully saturated rings. The molecule has 1 unspecified atom stereocenters. The molecule has 1 aromatic heterocycles. The van der Waals surface area contributed by atoms with Gasteiger partial charge in [-0.3, -0.25) is 9.52 Å². The second-order valence-electron chi connectivity index (χ2n) is 9.02. The zero-order valence-corrected chi connectivity index (χ0v) is 24.1. The highest BCUT2D eigenvalue weighted by atomic mass is 31.2. The zero-order valence-electron chi connectivity index (χ0n) is 23.2. The summed E-state index contributed by atoms with van der Waals surface area (Å²) in [6.07, 6.45) is -1.74. The molecule has 0 aliphatic carbocycles. The number of phosphoric ester groups is 1. The van der Waals surface area contributed by atoms with E-state index in [0.29, 0.717) is 23.7 Å². The minimum atomic E-state index is -4.40. The van der Waals surface area contributed by atoms with Crippen molar-refractivity contribution in [1.82, 2.24) is 9.66 Å². The van der Waals surface area contributed by atoms with E-state index in [1.807, 2.05) is 6.92 Å².